The van der Waals surface area contributed by atoms with Crippen LogP contribution in [0.4, 0.5) is 4.39 Å². The van der Waals surface area contributed by atoms with Gasteiger partial charge in [0, 0.05) is 48.0 Å². The fraction of sp³-hybridized carbons (Fsp3) is 0.333. The summed E-state index contributed by atoms with van der Waals surface area (Å²) in [5.74, 6) is -0.450. The van der Waals surface area contributed by atoms with Gasteiger partial charge in [-0.2, -0.15) is 0 Å². The zero-order valence-electron chi connectivity index (χ0n) is 15.9. The number of nitrogens with one attached hydrogen (secondary N) is 2. The van der Waals surface area contributed by atoms with Crippen LogP contribution < -0.4 is 10.9 Å². The van der Waals surface area contributed by atoms with Gasteiger partial charge in [0.25, 0.3) is 11.5 Å². The van der Waals surface area contributed by atoms with Crippen molar-refractivity contribution in [1.29, 1.82) is 0 Å². The van der Waals surface area contributed by atoms with E-state index in [1.54, 1.807) is 23.0 Å². The smallest absolute Gasteiger partial charge is 0.253 e. The van der Waals surface area contributed by atoms with E-state index in [1.165, 1.54) is 18.2 Å². The van der Waals surface area contributed by atoms with Crippen molar-refractivity contribution in [2.75, 3.05) is 0 Å². The average molecular weight is 404 g/mol. The minimum atomic E-state index is -0.426. The number of carbonyl (C=O) groups is 1. The minimum Gasteiger partial charge on any atom is -0.360 e. The highest BCUT2D eigenvalue weighted by molar-refractivity contribution is 6.35. The van der Waals surface area contributed by atoms with Crippen LogP contribution >= 0.6 is 11.6 Å². The molecule has 3 aromatic rings. The summed E-state index contributed by atoms with van der Waals surface area (Å²) in [4.78, 5) is 27.4. The third kappa shape index (κ3) is 4.44. The van der Waals surface area contributed by atoms with Gasteiger partial charge >= 0.3 is 0 Å². The van der Waals surface area contributed by atoms with Crippen LogP contribution in [0.2, 0.25) is 5.02 Å². The zero-order valence-corrected chi connectivity index (χ0v) is 16.6. The second-order valence-corrected chi connectivity index (χ2v) is 7.52. The first-order valence-electron chi connectivity index (χ1n) is 9.32. The topological polar surface area (TPSA) is 66.9 Å². The number of hydrogen-bond donors (Lipinski definition) is 2. The van der Waals surface area contributed by atoms with E-state index in [0.717, 1.165) is 12.8 Å². The van der Waals surface area contributed by atoms with Gasteiger partial charge in [-0.15, -0.1) is 0 Å². The van der Waals surface area contributed by atoms with E-state index in [0.29, 0.717) is 39.5 Å². The number of halogens is 2. The second kappa shape index (κ2) is 8.61. The van der Waals surface area contributed by atoms with E-state index in [9.17, 15) is 14.0 Å². The molecule has 0 saturated heterocycles. The highest BCUT2D eigenvalue weighted by Gasteiger charge is 2.12. The van der Waals surface area contributed by atoms with Crippen LogP contribution in [-0.2, 0) is 13.1 Å². The molecular weight excluding hydrogens is 381 g/mol. The fourth-order valence-corrected chi connectivity index (χ4v) is 3.51. The molecule has 0 bridgehead atoms. The fourth-order valence-electron chi connectivity index (χ4n) is 3.30. The van der Waals surface area contributed by atoms with Gasteiger partial charge in [-0.25, -0.2) is 4.39 Å². The lowest BCUT2D eigenvalue weighted by Crippen LogP contribution is -2.27. The Kier molecular flexibility index (Phi) is 6.19. The van der Waals surface area contributed by atoms with E-state index in [1.807, 2.05) is 0 Å². The summed E-state index contributed by atoms with van der Waals surface area (Å²) in [5, 5.41) is 3.91. The Hall–Kier alpha value is -2.60. The zero-order chi connectivity index (χ0) is 20.3. The molecule has 2 N–H and O–H groups in total. The van der Waals surface area contributed by atoms with Crippen LogP contribution in [0.5, 0.6) is 0 Å². The highest BCUT2D eigenvalue weighted by atomic mass is 35.5. The number of benzene rings is 1. The van der Waals surface area contributed by atoms with Gasteiger partial charge in [0.15, 0.2) is 0 Å². The van der Waals surface area contributed by atoms with Gasteiger partial charge in [0.1, 0.15) is 5.82 Å². The summed E-state index contributed by atoms with van der Waals surface area (Å²) in [7, 11) is 0. The highest BCUT2D eigenvalue weighted by Crippen LogP contribution is 2.25. The minimum absolute atomic E-state index is 0.0213. The third-order valence-electron chi connectivity index (χ3n) is 4.77. The number of amides is 1. The molecule has 1 unspecified atom stereocenters. The normalized spacial score (nSPS) is 12.3. The molecular formula is C21H23ClFN3O2. The molecule has 1 aromatic carbocycles. The Morgan fingerprint density at radius 3 is 2.89 bits per heavy atom. The number of hydrogen-bond acceptors (Lipinski definition) is 2. The Bertz CT molecular complexity index is 1060. The molecule has 28 heavy (non-hydrogen) atoms. The van der Waals surface area contributed by atoms with Crippen molar-refractivity contribution in [2.45, 2.75) is 39.8 Å². The van der Waals surface area contributed by atoms with Crippen molar-refractivity contribution >= 4 is 28.4 Å². The summed E-state index contributed by atoms with van der Waals surface area (Å²) < 4.78 is 15.8. The molecule has 0 aliphatic heterocycles. The molecule has 0 aliphatic rings. The second-order valence-electron chi connectivity index (χ2n) is 7.11. The Labute approximate surface area is 167 Å². The van der Waals surface area contributed by atoms with Gasteiger partial charge in [-0.3, -0.25) is 9.59 Å². The quantitative estimate of drug-likeness (QED) is 0.610. The lowest BCUT2D eigenvalue weighted by atomic mass is 10.1. The Balaban J connectivity index is 1.74. The van der Waals surface area contributed by atoms with E-state index in [4.69, 9.17) is 11.6 Å². The van der Waals surface area contributed by atoms with Gasteiger partial charge in [0.05, 0.1) is 10.6 Å². The predicted octanol–water partition coefficient (Wildman–Crippen LogP) is 4.49. The molecule has 1 amide bonds. The molecule has 0 radical (unpaired) electrons. The van der Waals surface area contributed by atoms with Gasteiger partial charge in [-0.1, -0.05) is 31.9 Å². The number of nitrogens with zero attached hydrogens (tertiary/aromatic N) is 1. The van der Waals surface area contributed by atoms with Gasteiger partial charge in [-0.05, 0) is 30.5 Å². The molecule has 2 heterocycles. The van der Waals surface area contributed by atoms with Crippen LogP contribution in [0, 0.1) is 11.7 Å². The molecule has 0 saturated carbocycles. The maximum absolute atomic E-state index is 14.3. The maximum atomic E-state index is 14.3. The monoisotopic (exact) mass is 403 g/mol. The number of fused-ring (bicyclic) bond motifs is 1. The number of H-pyrrole nitrogens is 1. The van der Waals surface area contributed by atoms with E-state index in [2.05, 4.69) is 24.1 Å². The summed E-state index contributed by atoms with van der Waals surface area (Å²) in [6, 6.07) is 5.86. The van der Waals surface area contributed by atoms with Crippen molar-refractivity contribution in [1.82, 2.24) is 14.9 Å². The Morgan fingerprint density at radius 2 is 2.14 bits per heavy atom. The molecule has 7 heteroatoms. The largest absolute Gasteiger partial charge is 0.360 e. The maximum Gasteiger partial charge on any atom is 0.253 e. The van der Waals surface area contributed by atoms with Crippen LogP contribution in [0.25, 0.3) is 10.9 Å². The molecule has 0 fully saturated rings. The molecule has 5 nitrogen and oxygen atoms in total. The molecule has 0 spiro atoms. The van der Waals surface area contributed by atoms with Crippen molar-refractivity contribution in [3.63, 3.8) is 0 Å². The summed E-state index contributed by atoms with van der Waals surface area (Å²) >= 11 is 6.08. The summed E-state index contributed by atoms with van der Waals surface area (Å²) in [6.45, 7) is 4.76. The van der Waals surface area contributed by atoms with Crippen molar-refractivity contribution in [2.24, 2.45) is 5.92 Å². The number of aromatic amines is 1. The van der Waals surface area contributed by atoms with Gasteiger partial charge < -0.3 is 14.9 Å². The number of rotatable bonds is 7. The average Bonchev–Trinajstić information content (AvgIpc) is 3.01. The van der Waals surface area contributed by atoms with E-state index in [-0.39, 0.29) is 18.0 Å². The molecule has 1 atom stereocenters. The molecule has 3 rings (SSSR count). The van der Waals surface area contributed by atoms with Crippen molar-refractivity contribution < 1.29 is 9.18 Å². The first-order chi connectivity index (χ1) is 13.4. The summed E-state index contributed by atoms with van der Waals surface area (Å²) in [5.41, 5.74) is 1.17. The predicted molar refractivity (Wildman–Crippen MR) is 109 cm³/mol. The lowest BCUT2D eigenvalue weighted by Gasteiger charge is -2.13. The lowest BCUT2D eigenvalue weighted by molar-refractivity contribution is 0.0949. The SMILES string of the molecule is CCCC(C)Cn1cc(C(=O)NCc2cc3c(Cl)c[nH]c3cc2F)ccc1=O. The standard InChI is InChI=1S/C21H23ClFN3O2/c1-3-4-13(2)11-26-12-14(5-6-20(26)27)21(28)25-9-15-7-16-17(22)10-24-19(16)8-18(15)23/h5-8,10,12-13,24H,3-4,9,11H2,1-2H3,(H,25,28). The van der Waals surface area contributed by atoms with E-state index < -0.39 is 5.82 Å². The van der Waals surface area contributed by atoms with Gasteiger partial charge in [0.2, 0.25) is 0 Å². The van der Waals surface area contributed by atoms with Crippen molar-refractivity contribution in [3.05, 3.63) is 69.0 Å². The molecule has 0 aliphatic carbocycles. The number of pyridine rings is 1. The summed E-state index contributed by atoms with van der Waals surface area (Å²) in [6.07, 6.45) is 5.20. The van der Waals surface area contributed by atoms with Crippen LogP contribution in [0.3, 0.4) is 0 Å². The first-order valence-corrected chi connectivity index (χ1v) is 9.70. The molecule has 148 valence electrons. The number of carbonyl (C=O) groups excluding carboxylic acids is 1. The molecule has 2 aromatic heterocycles. The van der Waals surface area contributed by atoms with Crippen LogP contribution in [0.15, 0.2) is 41.5 Å². The number of aromatic nitrogens is 2. The van der Waals surface area contributed by atoms with Crippen LogP contribution in [-0.4, -0.2) is 15.5 Å². The van der Waals surface area contributed by atoms with Crippen molar-refractivity contribution in [3.8, 4) is 0 Å². The first kappa shape index (κ1) is 20.1. The third-order valence-corrected chi connectivity index (χ3v) is 5.09. The Morgan fingerprint density at radius 1 is 1.36 bits per heavy atom. The van der Waals surface area contributed by atoms with E-state index >= 15 is 0 Å². The van der Waals surface area contributed by atoms with Crippen LogP contribution in [0.1, 0.15) is 42.6 Å².